The van der Waals surface area contributed by atoms with E-state index in [4.69, 9.17) is 9.47 Å². The summed E-state index contributed by atoms with van der Waals surface area (Å²) in [5.74, 6) is 4.38. The van der Waals surface area contributed by atoms with Gasteiger partial charge >= 0.3 is 5.97 Å². The summed E-state index contributed by atoms with van der Waals surface area (Å²) in [4.78, 5) is 23.4. The Morgan fingerprint density at radius 3 is 2.50 bits per heavy atom. The van der Waals surface area contributed by atoms with Crippen molar-refractivity contribution in [2.24, 2.45) is 46.3 Å². The number of ether oxygens (including phenoxy) is 2. The third kappa shape index (κ3) is 4.42. The number of esters is 1. The molecule has 0 amide bonds. The van der Waals surface area contributed by atoms with Gasteiger partial charge in [-0.05, 0) is 98.0 Å². The summed E-state index contributed by atoms with van der Waals surface area (Å²) >= 11 is 0. The van der Waals surface area contributed by atoms with Crippen LogP contribution in [0.15, 0.2) is 24.3 Å². The first-order valence-corrected chi connectivity index (χ1v) is 16.1. The predicted molar refractivity (Wildman–Crippen MR) is 155 cm³/mol. The number of carbonyl (C=O) groups is 1. The molecule has 1 spiro atoms. The van der Waals surface area contributed by atoms with Crippen molar-refractivity contribution in [2.45, 2.75) is 123 Å². The molecule has 4 saturated carbocycles. The Hall–Kier alpha value is -1.95. The highest BCUT2D eigenvalue weighted by molar-refractivity contribution is 5.89. The van der Waals surface area contributed by atoms with E-state index in [1.807, 2.05) is 0 Å². The van der Waals surface area contributed by atoms with Crippen molar-refractivity contribution in [1.29, 1.82) is 0 Å². The van der Waals surface area contributed by atoms with Gasteiger partial charge < -0.3 is 9.47 Å². The summed E-state index contributed by atoms with van der Waals surface area (Å²) in [5.41, 5.74) is 0.824. The summed E-state index contributed by atoms with van der Waals surface area (Å²) in [6, 6.07) is 5.72. The molecule has 5 fully saturated rings. The van der Waals surface area contributed by atoms with E-state index in [9.17, 15) is 14.9 Å². The minimum atomic E-state index is -0.453. The van der Waals surface area contributed by atoms with Crippen molar-refractivity contribution in [2.75, 3.05) is 0 Å². The Morgan fingerprint density at radius 1 is 1.05 bits per heavy atom. The van der Waals surface area contributed by atoms with Crippen LogP contribution in [0.1, 0.15) is 116 Å². The average Bonchev–Trinajstić information content (AvgIpc) is 3.49. The summed E-state index contributed by atoms with van der Waals surface area (Å²) in [5, 5.41) is 11.0. The third-order valence-electron chi connectivity index (χ3n) is 12.8. The highest BCUT2D eigenvalue weighted by Gasteiger charge is 2.76. The van der Waals surface area contributed by atoms with Crippen LogP contribution in [0.2, 0.25) is 0 Å². The van der Waals surface area contributed by atoms with Gasteiger partial charge in [-0.2, -0.15) is 0 Å². The molecule has 1 aromatic rings. The highest BCUT2D eigenvalue weighted by Crippen LogP contribution is 2.74. The van der Waals surface area contributed by atoms with E-state index in [1.165, 1.54) is 75.6 Å². The maximum atomic E-state index is 12.9. The molecule has 0 aromatic heterocycles. The average molecular weight is 552 g/mol. The summed E-state index contributed by atoms with van der Waals surface area (Å²) in [6.07, 6.45) is 13.6. The van der Waals surface area contributed by atoms with Crippen LogP contribution in [0.25, 0.3) is 0 Å². The number of benzene rings is 1. The Morgan fingerprint density at radius 2 is 1.80 bits per heavy atom. The van der Waals surface area contributed by atoms with Gasteiger partial charge in [0, 0.05) is 24.0 Å². The van der Waals surface area contributed by atoms with Crippen LogP contribution < -0.4 is 0 Å². The van der Waals surface area contributed by atoms with Crippen LogP contribution in [-0.4, -0.2) is 28.7 Å². The number of non-ortho nitro benzene ring substituents is 1. The number of hydrogen-bond donors (Lipinski definition) is 0. The summed E-state index contributed by atoms with van der Waals surface area (Å²) in [6.45, 7) is 12.4. The van der Waals surface area contributed by atoms with E-state index in [0.29, 0.717) is 23.0 Å². The van der Waals surface area contributed by atoms with Gasteiger partial charge in [-0.1, -0.05) is 53.9 Å². The van der Waals surface area contributed by atoms with Crippen molar-refractivity contribution >= 4 is 11.7 Å². The zero-order chi connectivity index (χ0) is 28.4. The molecule has 10 atom stereocenters. The molecule has 6 heteroatoms. The first-order chi connectivity index (χ1) is 19.0. The number of hydrogen-bond acceptors (Lipinski definition) is 5. The topological polar surface area (TPSA) is 82.0 Å². The van der Waals surface area contributed by atoms with Gasteiger partial charge in [0.1, 0.15) is 11.7 Å². The number of epoxide rings is 1. The molecule has 1 heterocycles. The molecule has 40 heavy (non-hydrogen) atoms. The monoisotopic (exact) mass is 551 g/mol. The minimum Gasteiger partial charge on any atom is -0.459 e. The molecular weight excluding hydrogens is 502 g/mol. The lowest BCUT2D eigenvalue weighted by atomic mass is 9.44. The number of carbonyl (C=O) groups excluding carboxylic acids is 1. The SMILES string of the molecule is CC(C)CCC[C@H](C)[C@H]1CC[C@H]2[C@@H]3C[C@@H]4O[C@@]45C[C@@H](OC(=O)c4ccc([N+](=O)[O-])cc4)CC[C@]5(C)[C@H]3CC[C@]12C. The van der Waals surface area contributed by atoms with Gasteiger partial charge in [0.25, 0.3) is 5.69 Å². The first kappa shape index (κ1) is 28.2. The second-order valence-corrected chi connectivity index (χ2v) is 15.1. The van der Waals surface area contributed by atoms with Crippen molar-refractivity contribution in [3.63, 3.8) is 0 Å². The molecule has 4 aliphatic carbocycles. The van der Waals surface area contributed by atoms with Gasteiger partial charge in [-0.25, -0.2) is 4.79 Å². The molecule has 0 unspecified atom stereocenters. The molecule has 6 rings (SSSR count). The second kappa shape index (κ2) is 10.1. The van der Waals surface area contributed by atoms with Crippen molar-refractivity contribution < 1.29 is 19.2 Å². The molecule has 0 radical (unpaired) electrons. The number of nitro groups is 1. The fourth-order valence-electron chi connectivity index (χ4n) is 10.7. The van der Waals surface area contributed by atoms with Crippen molar-refractivity contribution in [3.8, 4) is 0 Å². The van der Waals surface area contributed by atoms with E-state index in [-0.39, 0.29) is 22.8 Å². The number of rotatable bonds is 8. The van der Waals surface area contributed by atoms with E-state index in [1.54, 1.807) is 0 Å². The quantitative estimate of drug-likeness (QED) is 0.140. The molecule has 220 valence electrons. The molecule has 1 saturated heterocycles. The standard InChI is InChI=1S/C34H49NO5/c1-21(2)7-6-8-22(3)27-13-14-28-26-19-30-34(40-30)20-25(15-18-33(34,5)29(26)16-17-32(27,28)4)39-31(36)23-9-11-24(12-10-23)35(37)38/h9-12,21-22,25-30H,6-8,13-20H2,1-5H3/t22-,25-,26-,27+,28-,29-,30-,32+,33+,34-/m0/s1. The first-order valence-electron chi connectivity index (χ1n) is 16.1. The summed E-state index contributed by atoms with van der Waals surface area (Å²) < 4.78 is 12.7. The van der Waals surface area contributed by atoms with Crippen LogP contribution in [0.3, 0.4) is 0 Å². The van der Waals surface area contributed by atoms with E-state index in [0.717, 1.165) is 48.9 Å². The van der Waals surface area contributed by atoms with Gasteiger partial charge in [-0.15, -0.1) is 0 Å². The molecule has 5 aliphatic rings. The Kier molecular flexibility index (Phi) is 7.12. The zero-order valence-electron chi connectivity index (χ0n) is 25.2. The fraction of sp³-hybridized carbons (Fsp3) is 0.794. The van der Waals surface area contributed by atoms with Crippen LogP contribution >= 0.6 is 0 Å². The molecule has 1 aliphatic heterocycles. The largest absolute Gasteiger partial charge is 0.459 e. The van der Waals surface area contributed by atoms with Gasteiger partial charge in [0.2, 0.25) is 0 Å². The van der Waals surface area contributed by atoms with Crippen molar-refractivity contribution in [1.82, 2.24) is 0 Å². The van der Waals surface area contributed by atoms with Crippen LogP contribution in [0.5, 0.6) is 0 Å². The fourth-order valence-corrected chi connectivity index (χ4v) is 10.7. The van der Waals surface area contributed by atoms with E-state index < -0.39 is 10.9 Å². The maximum Gasteiger partial charge on any atom is 0.338 e. The maximum absolute atomic E-state index is 12.9. The Balaban J connectivity index is 1.12. The predicted octanol–water partition coefficient (Wildman–Crippen LogP) is 8.37. The minimum absolute atomic E-state index is 0.0207. The van der Waals surface area contributed by atoms with Crippen molar-refractivity contribution in [3.05, 3.63) is 39.9 Å². The van der Waals surface area contributed by atoms with Gasteiger partial charge in [0.05, 0.1) is 16.6 Å². The molecule has 0 N–H and O–H groups in total. The van der Waals surface area contributed by atoms with E-state index in [2.05, 4.69) is 34.6 Å². The molecule has 6 nitrogen and oxygen atoms in total. The zero-order valence-corrected chi connectivity index (χ0v) is 25.2. The normalized spacial score (nSPS) is 42.2. The molecule has 0 bridgehead atoms. The number of nitrogens with zero attached hydrogens (tertiary/aromatic N) is 1. The van der Waals surface area contributed by atoms with Crippen LogP contribution in [0, 0.1) is 56.5 Å². The van der Waals surface area contributed by atoms with Gasteiger partial charge in [-0.3, -0.25) is 10.1 Å². The number of fused-ring (bicyclic) bond motifs is 4. The smallest absolute Gasteiger partial charge is 0.338 e. The summed E-state index contributed by atoms with van der Waals surface area (Å²) in [7, 11) is 0. The lowest BCUT2D eigenvalue weighted by molar-refractivity contribution is -0.384. The van der Waals surface area contributed by atoms with Crippen LogP contribution in [-0.2, 0) is 9.47 Å². The van der Waals surface area contributed by atoms with Gasteiger partial charge in [0.15, 0.2) is 0 Å². The van der Waals surface area contributed by atoms with Crippen LogP contribution in [0.4, 0.5) is 5.69 Å². The second-order valence-electron chi connectivity index (χ2n) is 15.1. The highest BCUT2D eigenvalue weighted by atomic mass is 16.6. The third-order valence-corrected chi connectivity index (χ3v) is 12.8. The Bertz CT molecular complexity index is 1130. The lowest BCUT2D eigenvalue weighted by Gasteiger charge is -2.59. The number of nitro benzene ring substituents is 1. The molecular formula is C34H49NO5. The van der Waals surface area contributed by atoms with E-state index >= 15 is 0 Å². The lowest BCUT2D eigenvalue weighted by Crippen LogP contribution is -2.59. The Labute approximate surface area is 240 Å². The molecule has 1 aromatic carbocycles.